The van der Waals surface area contributed by atoms with Gasteiger partial charge in [-0.25, -0.2) is 4.39 Å². The molecule has 0 amide bonds. The lowest BCUT2D eigenvalue weighted by molar-refractivity contribution is 0.0985. The maximum Gasteiger partial charge on any atom is 0.166 e. The second-order valence-electron chi connectivity index (χ2n) is 3.52. The summed E-state index contributed by atoms with van der Waals surface area (Å²) in [6.07, 6.45) is 0.240. The zero-order valence-corrected chi connectivity index (χ0v) is 8.96. The minimum absolute atomic E-state index is 0.124. The highest BCUT2D eigenvalue weighted by Crippen LogP contribution is 2.20. The van der Waals surface area contributed by atoms with E-state index >= 15 is 0 Å². The number of benzene rings is 1. The predicted octanol–water partition coefficient (Wildman–Crippen LogP) is 1.42. The Bertz CT molecular complexity index is 364. The van der Waals surface area contributed by atoms with E-state index in [1.54, 1.807) is 11.0 Å². The van der Waals surface area contributed by atoms with Gasteiger partial charge in [0.05, 0.1) is 0 Å². The number of nitrogens with zero attached hydrogens (tertiary/aromatic N) is 1. The maximum absolute atomic E-state index is 13.0. The molecule has 0 spiro atoms. The van der Waals surface area contributed by atoms with Crippen LogP contribution in [0.4, 0.5) is 10.1 Å². The van der Waals surface area contributed by atoms with E-state index in [1.807, 2.05) is 14.1 Å². The van der Waals surface area contributed by atoms with Crippen LogP contribution < -0.4 is 10.6 Å². The molecular formula is C11H15FN2O. The van der Waals surface area contributed by atoms with Gasteiger partial charge in [0.15, 0.2) is 5.78 Å². The first-order valence-electron chi connectivity index (χ1n) is 4.76. The number of carbonyl (C=O) groups is 1. The van der Waals surface area contributed by atoms with Crippen molar-refractivity contribution in [3.8, 4) is 0 Å². The Labute approximate surface area is 88.7 Å². The Hall–Kier alpha value is -1.42. The summed E-state index contributed by atoms with van der Waals surface area (Å²) in [6, 6.07) is 4.20. The maximum atomic E-state index is 13.0. The summed E-state index contributed by atoms with van der Waals surface area (Å²) in [4.78, 5) is 13.4. The van der Waals surface area contributed by atoms with E-state index in [1.165, 1.54) is 12.1 Å². The van der Waals surface area contributed by atoms with Crippen molar-refractivity contribution < 1.29 is 9.18 Å². The molecule has 1 rings (SSSR count). The lowest BCUT2D eigenvalue weighted by Crippen LogP contribution is -2.16. The number of halogens is 1. The first kappa shape index (κ1) is 11.7. The molecular weight excluding hydrogens is 195 g/mol. The summed E-state index contributed by atoms with van der Waals surface area (Å²) in [6.45, 7) is 0.280. The minimum Gasteiger partial charge on any atom is -0.377 e. The molecule has 4 heteroatoms. The van der Waals surface area contributed by atoms with E-state index in [-0.39, 0.29) is 18.7 Å². The Morgan fingerprint density at radius 1 is 1.47 bits per heavy atom. The number of Topliss-reactive ketones (excluding diaryl/α,β-unsaturated/α-hetero) is 1. The lowest BCUT2D eigenvalue weighted by Gasteiger charge is -2.16. The molecule has 0 bridgehead atoms. The molecule has 0 radical (unpaired) electrons. The molecule has 0 aliphatic carbocycles. The van der Waals surface area contributed by atoms with Crippen LogP contribution in [0.5, 0.6) is 0 Å². The van der Waals surface area contributed by atoms with Crippen LogP contribution in [-0.4, -0.2) is 26.4 Å². The molecule has 0 saturated carbocycles. The molecule has 2 N–H and O–H groups in total. The van der Waals surface area contributed by atoms with Gasteiger partial charge in [0, 0.05) is 31.8 Å². The van der Waals surface area contributed by atoms with Crippen LogP contribution in [0.1, 0.15) is 16.8 Å². The highest BCUT2D eigenvalue weighted by Gasteiger charge is 2.12. The number of nitrogens with two attached hydrogens (primary N) is 1. The number of anilines is 1. The zero-order valence-electron chi connectivity index (χ0n) is 8.96. The van der Waals surface area contributed by atoms with Gasteiger partial charge in [-0.05, 0) is 24.7 Å². The topological polar surface area (TPSA) is 46.3 Å². The Kier molecular flexibility index (Phi) is 3.80. The summed E-state index contributed by atoms with van der Waals surface area (Å²) in [5.41, 5.74) is 6.41. The molecule has 0 aliphatic rings. The van der Waals surface area contributed by atoms with Crippen molar-refractivity contribution in [3.63, 3.8) is 0 Å². The summed E-state index contributed by atoms with van der Waals surface area (Å²) < 4.78 is 13.0. The predicted molar refractivity (Wildman–Crippen MR) is 58.7 cm³/mol. The minimum atomic E-state index is -0.402. The van der Waals surface area contributed by atoms with Crippen molar-refractivity contribution in [1.82, 2.24) is 0 Å². The van der Waals surface area contributed by atoms with Crippen LogP contribution in [0.3, 0.4) is 0 Å². The normalized spacial score (nSPS) is 10.1. The van der Waals surface area contributed by atoms with E-state index in [2.05, 4.69) is 0 Å². The Balaban J connectivity index is 3.12. The van der Waals surface area contributed by atoms with E-state index in [0.717, 1.165) is 5.69 Å². The smallest absolute Gasteiger partial charge is 0.166 e. The molecule has 15 heavy (non-hydrogen) atoms. The molecule has 0 aromatic heterocycles. The zero-order chi connectivity index (χ0) is 11.4. The first-order valence-corrected chi connectivity index (χ1v) is 4.76. The van der Waals surface area contributed by atoms with Gasteiger partial charge >= 0.3 is 0 Å². The number of hydrogen-bond donors (Lipinski definition) is 1. The SMILES string of the molecule is CN(C)c1ccc(F)cc1C(=O)CCN. The van der Waals surface area contributed by atoms with Crippen molar-refractivity contribution in [2.24, 2.45) is 5.73 Å². The van der Waals surface area contributed by atoms with Gasteiger partial charge in [-0.15, -0.1) is 0 Å². The number of rotatable bonds is 4. The van der Waals surface area contributed by atoms with E-state index < -0.39 is 5.82 Å². The van der Waals surface area contributed by atoms with Crippen LogP contribution in [0, 0.1) is 5.82 Å². The molecule has 0 heterocycles. The molecule has 0 saturated heterocycles. The fourth-order valence-electron chi connectivity index (χ4n) is 1.39. The van der Waals surface area contributed by atoms with Crippen LogP contribution in [0.15, 0.2) is 18.2 Å². The van der Waals surface area contributed by atoms with Gasteiger partial charge in [0.1, 0.15) is 5.82 Å². The van der Waals surface area contributed by atoms with Gasteiger partial charge in [-0.2, -0.15) is 0 Å². The molecule has 3 nitrogen and oxygen atoms in total. The van der Waals surface area contributed by atoms with Crippen LogP contribution in [0.2, 0.25) is 0 Å². The third-order valence-corrected chi connectivity index (χ3v) is 2.11. The van der Waals surface area contributed by atoms with E-state index in [9.17, 15) is 9.18 Å². The van der Waals surface area contributed by atoms with Crippen LogP contribution in [-0.2, 0) is 0 Å². The average molecular weight is 210 g/mol. The highest BCUT2D eigenvalue weighted by molar-refractivity contribution is 6.01. The van der Waals surface area contributed by atoms with Gasteiger partial charge < -0.3 is 10.6 Å². The van der Waals surface area contributed by atoms with Crippen molar-refractivity contribution in [1.29, 1.82) is 0 Å². The summed E-state index contributed by atoms with van der Waals surface area (Å²) >= 11 is 0. The van der Waals surface area contributed by atoms with Gasteiger partial charge in [-0.3, -0.25) is 4.79 Å². The quantitative estimate of drug-likeness (QED) is 0.764. The molecule has 82 valence electrons. The van der Waals surface area contributed by atoms with Crippen LogP contribution >= 0.6 is 0 Å². The van der Waals surface area contributed by atoms with Gasteiger partial charge in [0.2, 0.25) is 0 Å². The number of carbonyl (C=O) groups excluding carboxylic acids is 1. The molecule has 1 aromatic rings. The molecule has 0 unspecified atom stereocenters. The lowest BCUT2D eigenvalue weighted by atomic mass is 10.1. The standard InChI is InChI=1S/C11H15FN2O/c1-14(2)10-4-3-8(12)7-9(10)11(15)5-6-13/h3-4,7H,5-6,13H2,1-2H3. The van der Waals surface area contributed by atoms with Gasteiger partial charge in [0.25, 0.3) is 0 Å². The second-order valence-corrected chi connectivity index (χ2v) is 3.52. The van der Waals surface area contributed by atoms with Crippen molar-refractivity contribution >= 4 is 11.5 Å². The number of hydrogen-bond acceptors (Lipinski definition) is 3. The van der Waals surface area contributed by atoms with Crippen molar-refractivity contribution in [2.75, 3.05) is 25.5 Å². The Morgan fingerprint density at radius 3 is 2.67 bits per heavy atom. The van der Waals surface area contributed by atoms with Crippen molar-refractivity contribution in [2.45, 2.75) is 6.42 Å². The molecule has 0 fully saturated rings. The highest BCUT2D eigenvalue weighted by atomic mass is 19.1. The van der Waals surface area contributed by atoms with Crippen LogP contribution in [0.25, 0.3) is 0 Å². The summed E-state index contributed by atoms with van der Waals surface area (Å²) in [5.74, 6) is -0.526. The molecule has 1 aromatic carbocycles. The third kappa shape index (κ3) is 2.76. The van der Waals surface area contributed by atoms with E-state index in [0.29, 0.717) is 5.56 Å². The molecule has 0 atom stereocenters. The van der Waals surface area contributed by atoms with Gasteiger partial charge in [-0.1, -0.05) is 0 Å². The first-order chi connectivity index (χ1) is 7.06. The Morgan fingerprint density at radius 2 is 2.13 bits per heavy atom. The molecule has 0 aliphatic heterocycles. The largest absolute Gasteiger partial charge is 0.377 e. The second kappa shape index (κ2) is 4.89. The monoisotopic (exact) mass is 210 g/mol. The van der Waals surface area contributed by atoms with Crippen molar-refractivity contribution in [3.05, 3.63) is 29.6 Å². The fraction of sp³-hybridized carbons (Fsp3) is 0.364. The number of ketones is 1. The average Bonchev–Trinajstić information content (AvgIpc) is 2.17. The summed E-state index contributed by atoms with van der Waals surface area (Å²) in [5, 5.41) is 0. The third-order valence-electron chi connectivity index (χ3n) is 2.11. The van der Waals surface area contributed by atoms with E-state index in [4.69, 9.17) is 5.73 Å². The fourth-order valence-corrected chi connectivity index (χ4v) is 1.39. The summed E-state index contributed by atoms with van der Waals surface area (Å²) in [7, 11) is 3.62.